The van der Waals surface area contributed by atoms with Crippen molar-refractivity contribution < 1.29 is 9.59 Å². The van der Waals surface area contributed by atoms with E-state index < -0.39 is 0 Å². The second kappa shape index (κ2) is 9.20. The zero-order valence-electron chi connectivity index (χ0n) is 17.6. The van der Waals surface area contributed by atoms with Crippen molar-refractivity contribution in [3.05, 3.63) is 30.1 Å². The number of nitrogens with one attached hydrogen (secondary N) is 2. The van der Waals surface area contributed by atoms with E-state index in [9.17, 15) is 9.59 Å². The minimum absolute atomic E-state index is 0.0493. The van der Waals surface area contributed by atoms with Gasteiger partial charge in [0.15, 0.2) is 5.16 Å². The molecule has 0 radical (unpaired) electrons. The molecule has 7 nitrogen and oxygen atoms in total. The molecule has 0 bridgehead atoms. The fraction of sp³-hybridized carbons (Fsp3) is 0.545. The molecule has 2 aliphatic carbocycles. The Labute approximate surface area is 181 Å². The van der Waals surface area contributed by atoms with Gasteiger partial charge in [0.05, 0.1) is 11.4 Å². The van der Waals surface area contributed by atoms with Crippen LogP contribution in [-0.2, 0) is 9.59 Å². The number of nitrogens with zero attached hydrogens (tertiary/aromatic N) is 3. The van der Waals surface area contributed by atoms with Crippen molar-refractivity contribution in [2.24, 2.45) is 5.92 Å². The number of carbonyl (C=O) groups excluding carboxylic acids is 2. The van der Waals surface area contributed by atoms with Crippen LogP contribution in [0.15, 0.2) is 29.4 Å². The third kappa shape index (κ3) is 5.03. The van der Waals surface area contributed by atoms with Crippen LogP contribution in [0.3, 0.4) is 0 Å². The molecule has 2 fully saturated rings. The minimum atomic E-state index is -0.110. The molecule has 4 rings (SSSR count). The van der Waals surface area contributed by atoms with Crippen LogP contribution in [0.1, 0.15) is 64.1 Å². The van der Waals surface area contributed by atoms with Crippen molar-refractivity contribution in [3.8, 4) is 5.69 Å². The lowest BCUT2D eigenvalue weighted by Gasteiger charge is -2.29. The maximum Gasteiger partial charge on any atom is 0.230 e. The Morgan fingerprint density at radius 1 is 1.17 bits per heavy atom. The summed E-state index contributed by atoms with van der Waals surface area (Å²) in [7, 11) is 0. The van der Waals surface area contributed by atoms with Gasteiger partial charge in [-0.25, -0.2) is 0 Å². The van der Waals surface area contributed by atoms with E-state index in [0.29, 0.717) is 22.7 Å². The van der Waals surface area contributed by atoms with Crippen LogP contribution in [0.4, 0.5) is 5.69 Å². The molecule has 2 unspecified atom stereocenters. The highest BCUT2D eigenvalue weighted by Gasteiger charge is 2.31. The zero-order valence-corrected chi connectivity index (χ0v) is 18.4. The van der Waals surface area contributed by atoms with E-state index in [-0.39, 0.29) is 17.9 Å². The van der Waals surface area contributed by atoms with Gasteiger partial charge in [0.1, 0.15) is 5.82 Å². The first-order chi connectivity index (χ1) is 14.5. The number of anilines is 1. The molecule has 0 aliphatic heterocycles. The van der Waals surface area contributed by atoms with Gasteiger partial charge in [-0.3, -0.25) is 14.2 Å². The summed E-state index contributed by atoms with van der Waals surface area (Å²) in [5, 5.41) is 15.6. The predicted octanol–water partition coefficient (Wildman–Crippen LogP) is 3.89. The Kier molecular flexibility index (Phi) is 6.41. The minimum Gasteiger partial charge on any atom is -0.352 e. The number of hydrogen-bond acceptors (Lipinski definition) is 5. The molecule has 30 heavy (non-hydrogen) atoms. The molecule has 0 saturated heterocycles. The van der Waals surface area contributed by atoms with E-state index in [2.05, 4.69) is 27.8 Å². The summed E-state index contributed by atoms with van der Waals surface area (Å²) >= 11 is 1.42. The van der Waals surface area contributed by atoms with Gasteiger partial charge in [-0.1, -0.05) is 37.6 Å². The molecule has 2 atom stereocenters. The number of benzene rings is 1. The number of carbonyl (C=O) groups is 2. The Balaban J connectivity index is 1.49. The van der Waals surface area contributed by atoms with Crippen LogP contribution < -0.4 is 10.6 Å². The van der Waals surface area contributed by atoms with Crippen molar-refractivity contribution in [2.45, 2.75) is 69.5 Å². The first-order valence-corrected chi connectivity index (χ1v) is 11.8. The highest BCUT2D eigenvalue weighted by atomic mass is 32.2. The molecule has 2 aromatic rings. The molecular weight excluding hydrogens is 398 g/mol. The molecule has 2 N–H and O–H groups in total. The van der Waals surface area contributed by atoms with E-state index >= 15 is 0 Å². The van der Waals surface area contributed by atoms with Crippen LogP contribution in [-0.4, -0.2) is 38.4 Å². The van der Waals surface area contributed by atoms with Crippen LogP contribution >= 0.6 is 11.8 Å². The monoisotopic (exact) mass is 427 g/mol. The van der Waals surface area contributed by atoms with Crippen LogP contribution in [0.25, 0.3) is 5.69 Å². The second-order valence-corrected chi connectivity index (χ2v) is 9.35. The number of amides is 2. The number of aromatic nitrogens is 3. The Hall–Kier alpha value is -2.35. The fourth-order valence-corrected chi connectivity index (χ4v) is 4.83. The first-order valence-electron chi connectivity index (χ1n) is 10.8. The van der Waals surface area contributed by atoms with Gasteiger partial charge >= 0.3 is 0 Å². The lowest BCUT2D eigenvalue weighted by molar-refractivity contribution is -0.119. The van der Waals surface area contributed by atoms with Gasteiger partial charge in [0.25, 0.3) is 0 Å². The highest BCUT2D eigenvalue weighted by molar-refractivity contribution is 7.99. The van der Waals surface area contributed by atoms with Gasteiger partial charge < -0.3 is 10.6 Å². The Morgan fingerprint density at radius 3 is 2.70 bits per heavy atom. The SMILES string of the molecule is CC(=O)Nc1cccc(-n2c(SCC(=O)NC3CCCCC3C)nnc2C2CC2)c1. The van der Waals surface area contributed by atoms with Gasteiger partial charge in [0, 0.05) is 24.6 Å². The molecule has 2 amide bonds. The molecule has 2 aliphatic rings. The van der Waals surface area contributed by atoms with Gasteiger partial charge in [-0.05, 0) is 49.8 Å². The average molecular weight is 428 g/mol. The standard InChI is InChI=1S/C22H29N5O2S/c1-14-6-3-4-9-19(14)24-20(29)13-30-22-26-25-21(16-10-11-16)27(22)18-8-5-7-17(12-18)23-15(2)28/h5,7-8,12,14,16,19H,3-4,6,9-11,13H2,1-2H3,(H,23,28)(H,24,29). The van der Waals surface area contributed by atoms with Gasteiger partial charge in [-0.2, -0.15) is 0 Å². The molecule has 0 spiro atoms. The third-order valence-electron chi connectivity index (χ3n) is 5.82. The van der Waals surface area contributed by atoms with Crippen molar-refractivity contribution >= 4 is 29.3 Å². The summed E-state index contributed by atoms with van der Waals surface area (Å²) in [6.07, 6.45) is 6.90. The largest absolute Gasteiger partial charge is 0.352 e. The van der Waals surface area contributed by atoms with E-state index in [0.717, 1.165) is 36.5 Å². The summed E-state index contributed by atoms with van der Waals surface area (Å²) in [4.78, 5) is 24.0. The normalized spacial score (nSPS) is 21.3. The third-order valence-corrected chi connectivity index (χ3v) is 6.74. The molecule has 160 valence electrons. The summed E-state index contributed by atoms with van der Waals surface area (Å²) in [5.74, 6) is 2.13. The molecule has 2 saturated carbocycles. The summed E-state index contributed by atoms with van der Waals surface area (Å²) in [6.45, 7) is 3.71. The summed E-state index contributed by atoms with van der Waals surface area (Å²) in [6, 6.07) is 7.94. The molecular formula is C22H29N5O2S. The van der Waals surface area contributed by atoms with Crippen molar-refractivity contribution in [1.82, 2.24) is 20.1 Å². The van der Waals surface area contributed by atoms with Crippen LogP contribution in [0.2, 0.25) is 0 Å². The lowest BCUT2D eigenvalue weighted by atomic mass is 9.86. The lowest BCUT2D eigenvalue weighted by Crippen LogP contribution is -2.41. The fourth-order valence-electron chi connectivity index (χ4n) is 4.06. The van der Waals surface area contributed by atoms with Crippen molar-refractivity contribution in [3.63, 3.8) is 0 Å². The quantitative estimate of drug-likeness (QED) is 0.655. The smallest absolute Gasteiger partial charge is 0.230 e. The van der Waals surface area contributed by atoms with Gasteiger partial charge in [0.2, 0.25) is 11.8 Å². The van der Waals surface area contributed by atoms with E-state index in [1.54, 1.807) is 0 Å². The van der Waals surface area contributed by atoms with E-state index in [1.165, 1.54) is 37.9 Å². The van der Waals surface area contributed by atoms with Crippen molar-refractivity contribution in [1.29, 1.82) is 0 Å². The first kappa shape index (κ1) is 20.9. The van der Waals surface area contributed by atoms with Gasteiger partial charge in [-0.15, -0.1) is 10.2 Å². The van der Waals surface area contributed by atoms with Crippen LogP contribution in [0, 0.1) is 5.92 Å². The maximum atomic E-state index is 12.6. The highest BCUT2D eigenvalue weighted by Crippen LogP contribution is 2.41. The number of rotatable bonds is 7. The molecule has 1 aromatic heterocycles. The average Bonchev–Trinajstić information content (AvgIpc) is 3.47. The van der Waals surface area contributed by atoms with Crippen molar-refractivity contribution in [2.75, 3.05) is 11.1 Å². The number of hydrogen-bond donors (Lipinski definition) is 2. The molecule has 1 aromatic carbocycles. The molecule has 1 heterocycles. The second-order valence-electron chi connectivity index (χ2n) is 8.41. The molecule has 8 heteroatoms. The number of thioether (sulfide) groups is 1. The maximum absolute atomic E-state index is 12.6. The van der Waals surface area contributed by atoms with E-state index in [1.807, 2.05) is 28.8 Å². The Morgan fingerprint density at radius 2 is 1.97 bits per heavy atom. The summed E-state index contributed by atoms with van der Waals surface area (Å²) < 4.78 is 2.03. The topological polar surface area (TPSA) is 88.9 Å². The van der Waals surface area contributed by atoms with E-state index in [4.69, 9.17) is 0 Å². The zero-order chi connectivity index (χ0) is 21.1. The predicted molar refractivity (Wildman–Crippen MR) is 118 cm³/mol. The summed E-state index contributed by atoms with van der Waals surface area (Å²) in [5.41, 5.74) is 1.63. The Bertz CT molecular complexity index is 924. The van der Waals surface area contributed by atoms with Crippen LogP contribution in [0.5, 0.6) is 0 Å².